The van der Waals surface area contributed by atoms with E-state index < -0.39 is 0 Å². The van der Waals surface area contributed by atoms with Gasteiger partial charge in [0, 0.05) is 33.7 Å². The minimum Gasteiger partial charge on any atom is -0.329 e. The van der Waals surface area contributed by atoms with Gasteiger partial charge >= 0.3 is 0 Å². The molecule has 0 heterocycles. The summed E-state index contributed by atoms with van der Waals surface area (Å²) in [5, 5.41) is 0. The minimum absolute atomic E-state index is 0. The van der Waals surface area contributed by atoms with Crippen molar-refractivity contribution in [2.45, 2.75) is 6.04 Å². The smallest absolute Gasteiger partial charge is 0.0419 e. The second-order valence-electron chi connectivity index (χ2n) is 3.33. The van der Waals surface area contributed by atoms with E-state index in [2.05, 4.69) is 6.07 Å². The van der Waals surface area contributed by atoms with E-state index in [0.717, 1.165) is 5.56 Å². The van der Waals surface area contributed by atoms with Crippen LogP contribution in [0.4, 0.5) is 0 Å². The van der Waals surface area contributed by atoms with Crippen molar-refractivity contribution < 1.29 is 21.1 Å². The molecule has 0 fully saturated rings. The summed E-state index contributed by atoms with van der Waals surface area (Å²) in [7, 11) is 0. The fourth-order valence-corrected chi connectivity index (χ4v) is 1.18. The van der Waals surface area contributed by atoms with Crippen molar-refractivity contribution in [1.29, 1.82) is 0 Å². The van der Waals surface area contributed by atoms with E-state index in [-0.39, 0.29) is 27.1 Å². The largest absolute Gasteiger partial charge is 0.329 e. The molecular formula is C14H17N2Pt-. The maximum Gasteiger partial charge on any atom is 0.0419 e. The number of nitrogens with two attached hydrogens (primary N) is 2. The van der Waals surface area contributed by atoms with E-state index in [4.69, 9.17) is 11.5 Å². The Kier molecular flexibility index (Phi) is 9.65. The SMILES string of the molecule is NCC(N)c1ccccc1.[Pt].[c-]1ccccc1. The van der Waals surface area contributed by atoms with Gasteiger partial charge in [-0.3, -0.25) is 0 Å². The van der Waals surface area contributed by atoms with E-state index in [0.29, 0.717) is 6.54 Å². The first-order valence-corrected chi connectivity index (χ1v) is 5.26. The summed E-state index contributed by atoms with van der Waals surface area (Å²) in [4.78, 5) is 0. The predicted molar refractivity (Wildman–Crippen MR) is 67.7 cm³/mol. The Balaban J connectivity index is 0.000000316. The fourth-order valence-electron chi connectivity index (χ4n) is 1.18. The van der Waals surface area contributed by atoms with Crippen LogP contribution in [-0.4, -0.2) is 6.54 Å². The topological polar surface area (TPSA) is 52.0 Å². The number of benzene rings is 2. The summed E-state index contributed by atoms with van der Waals surface area (Å²) in [5.74, 6) is 0. The van der Waals surface area contributed by atoms with E-state index >= 15 is 0 Å². The average Bonchev–Trinajstić information content (AvgIpc) is 2.41. The number of hydrogen-bond donors (Lipinski definition) is 2. The maximum absolute atomic E-state index is 5.67. The van der Waals surface area contributed by atoms with Crippen molar-refractivity contribution in [3.05, 3.63) is 72.3 Å². The van der Waals surface area contributed by atoms with Crippen molar-refractivity contribution >= 4 is 0 Å². The molecule has 0 aromatic heterocycles. The summed E-state index contributed by atoms with van der Waals surface area (Å²) in [6.07, 6.45) is 0. The van der Waals surface area contributed by atoms with Crippen LogP contribution in [-0.2, 0) is 21.1 Å². The molecule has 4 N–H and O–H groups in total. The summed E-state index contributed by atoms with van der Waals surface area (Å²) >= 11 is 0. The van der Waals surface area contributed by atoms with Crippen LogP contribution in [0, 0.1) is 6.07 Å². The van der Waals surface area contributed by atoms with Crippen molar-refractivity contribution in [1.82, 2.24) is 0 Å². The van der Waals surface area contributed by atoms with Gasteiger partial charge in [0.15, 0.2) is 0 Å². The fraction of sp³-hybridized carbons (Fsp3) is 0.143. The summed E-state index contributed by atoms with van der Waals surface area (Å²) in [6, 6.07) is 22.3. The van der Waals surface area contributed by atoms with Crippen molar-refractivity contribution in [2.75, 3.05) is 6.54 Å². The molecule has 2 rings (SSSR count). The molecule has 2 aromatic rings. The zero-order chi connectivity index (χ0) is 11.6. The molecule has 0 saturated heterocycles. The Hall–Kier alpha value is -0.952. The molecule has 1 atom stereocenters. The zero-order valence-electron chi connectivity index (χ0n) is 9.53. The van der Waals surface area contributed by atoms with Gasteiger partial charge in [0.25, 0.3) is 0 Å². The van der Waals surface area contributed by atoms with Gasteiger partial charge in [-0.25, -0.2) is 0 Å². The van der Waals surface area contributed by atoms with Gasteiger partial charge in [0.1, 0.15) is 0 Å². The molecule has 0 aliphatic heterocycles. The van der Waals surface area contributed by atoms with Gasteiger partial charge in [-0.15, -0.1) is 0 Å². The Morgan fingerprint density at radius 1 is 0.941 bits per heavy atom. The molecule has 0 aliphatic rings. The molecule has 17 heavy (non-hydrogen) atoms. The molecule has 0 amide bonds. The third-order valence-corrected chi connectivity index (χ3v) is 2.09. The number of hydrogen-bond acceptors (Lipinski definition) is 2. The molecule has 0 spiro atoms. The maximum atomic E-state index is 5.67. The van der Waals surface area contributed by atoms with Crippen molar-refractivity contribution in [3.63, 3.8) is 0 Å². The van der Waals surface area contributed by atoms with Gasteiger partial charge < -0.3 is 11.5 Å². The quantitative estimate of drug-likeness (QED) is 0.749. The first-order valence-electron chi connectivity index (χ1n) is 5.26. The molecule has 94 valence electrons. The Morgan fingerprint density at radius 3 is 1.82 bits per heavy atom. The van der Waals surface area contributed by atoms with E-state index in [1.54, 1.807) is 0 Å². The van der Waals surface area contributed by atoms with Gasteiger partial charge in [0.2, 0.25) is 0 Å². The van der Waals surface area contributed by atoms with Crippen LogP contribution in [0.3, 0.4) is 0 Å². The molecule has 0 radical (unpaired) electrons. The average molecular weight is 408 g/mol. The zero-order valence-corrected chi connectivity index (χ0v) is 11.8. The van der Waals surface area contributed by atoms with Gasteiger partial charge in [0.05, 0.1) is 0 Å². The Bertz CT molecular complexity index is 338. The van der Waals surface area contributed by atoms with E-state index in [1.807, 2.05) is 60.7 Å². The second kappa shape index (κ2) is 10.2. The van der Waals surface area contributed by atoms with Crippen LogP contribution in [0.5, 0.6) is 0 Å². The van der Waals surface area contributed by atoms with Gasteiger partial charge in [-0.2, -0.15) is 36.4 Å². The van der Waals surface area contributed by atoms with Crippen molar-refractivity contribution in [3.8, 4) is 0 Å². The molecule has 0 bridgehead atoms. The monoisotopic (exact) mass is 408 g/mol. The first kappa shape index (κ1) is 16.0. The standard InChI is InChI=1S/C8H12N2.C6H5.Pt/c9-6-8(10)7-4-2-1-3-5-7;1-2-4-6-5-3-1;/h1-5,8H,6,9-10H2;1-5H;/q;-1;. The van der Waals surface area contributed by atoms with Crippen LogP contribution in [0.1, 0.15) is 11.6 Å². The number of rotatable bonds is 2. The van der Waals surface area contributed by atoms with Crippen LogP contribution >= 0.6 is 0 Å². The van der Waals surface area contributed by atoms with Crippen molar-refractivity contribution in [2.24, 2.45) is 11.5 Å². The van der Waals surface area contributed by atoms with Crippen LogP contribution in [0.25, 0.3) is 0 Å². The Morgan fingerprint density at radius 2 is 1.47 bits per heavy atom. The molecule has 0 aliphatic carbocycles. The molecule has 2 aromatic carbocycles. The van der Waals surface area contributed by atoms with E-state index in [1.165, 1.54) is 0 Å². The summed E-state index contributed by atoms with van der Waals surface area (Å²) in [6.45, 7) is 0.504. The molecule has 2 nitrogen and oxygen atoms in total. The predicted octanol–water partition coefficient (Wildman–Crippen LogP) is 2.13. The molecular weight excluding hydrogens is 391 g/mol. The third-order valence-electron chi connectivity index (χ3n) is 2.09. The first-order chi connectivity index (χ1) is 7.84. The molecule has 3 heteroatoms. The summed E-state index contributed by atoms with van der Waals surface area (Å²) < 4.78 is 0. The second-order valence-corrected chi connectivity index (χ2v) is 3.33. The van der Waals surface area contributed by atoms with Crippen LogP contribution in [0.2, 0.25) is 0 Å². The van der Waals surface area contributed by atoms with E-state index in [9.17, 15) is 0 Å². The molecule has 0 saturated carbocycles. The minimum atomic E-state index is -0.0128. The van der Waals surface area contributed by atoms with Gasteiger partial charge in [-0.05, 0) is 5.56 Å². The molecule has 1 unspecified atom stereocenters. The van der Waals surface area contributed by atoms with Crippen LogP contribution < -0.4 is 11.5 Å². The summed E-state index contributed by atoms with van der Waals surface area (Å²) in [5.41, 5.74) is 12.2. The van der Waals surface area contributed by atoms with Crippen LogP contribution in [0.15, 0.2) is 60.7 Å². The van der Waals surface area contributed by atoms with Gasteiger partial charge in [-0.1, -0.05) is 30.3 Å². The normalized spacial score (nSPS) is 10.5. The Labute approximate surface area is 117 Å². The third kappa shape index (κ3) is 7.06.